The van der Waals surface area contributed by atoms with Crippen molar-refractivity contribution < 1.29 is 13.2 Å². The van der Waals surface area contributed by atoms with E-state index in [9.17, 15) is 13.2 Å². The van der Waals surface area contributed by atoms with Crippen LogP contribution in [0.5, 0.6) is 0 Å². The molecule has 2 heterocycles. The summed E-state index contributed by atoms with van der Waals surface area (Å²) in [5, 5.41) is 5.94. The topological polar surface area (TPSA) is 101 Å². The molecule has 1 aromatic carbocycles. The molecule has 0 bridgehead atoms. The summed E-state index contributed by atoms with van der Waals surface area (Å²) < 4.78 is 22.9. The first-order valence-electron chi connectivity index (χ1n) is 8.42. The van der Waals surface area contributed by atoms with Gasteiger partial charge in [-0.3, -0.25) is 4.79 Å². The van der Waals surface area contributed by atoms with Gasteiger partial charge in [-0.15, -0.1) is 0 Å². The number of sulfone groups is 1. The lowest BCUT2D eigenvalue weighted by Gasteiger charge is -2.13. The Labute approximate surface area is 153 Å². The Morgan fingerprint density at radius 3 is 2.35 bits per heavy atom. The third kappa shape index (κ3) is 4.19. The highest BCUT2D eigenvalue weighted by atomic mass is 32.2. The maximum atomic E-state index is 12.2. The fraction of sp³-hybridized carbons (Fsp3) is 0.389. The molecule has 1 saturated heterocycles. The molecule has 1 amide bonds. The fourth-order valence-corrected chi connectivity index (χ4v) is 4.86. The maximum absolute atomic E-state index is 12.2. The van der Waals surface area contributed by atoms with E-state index >= 15 is 0 Å². The normalized spacial score (nSPS) is 18.5. The zero-order valence-electron chi connectivity index (χ0n) is 15.0. The lowest BCUT2D eigenvalue weighted by molar-refractivity contribution is 0.0935. The van der Waals surface area contributed by atoms with E-state index in [1.54, 1.807) is 0 Å². The quantitative estimate of drug-likeness (QED) is 0.849. The van der Waals surface area contributed by atoms with Crippen LogP contribution in [-0.2, 0) is 9.84 Å². The third-order valence-corrected chi connectivity index (χ3v) is 6.15. The molecule has 1 aliphatic rings. The van der Waals surface area contributed by atoms with E-state index in [0.717, 1.165) is 16.8 Å². The Hall–Kier alpha value is -2.48. The highest BCUT2D eigenvalue weighted by Gasteiger charge is 2.29. The Morgan fingerprint density at radius 1 is 1.12 bits per heavy atom. The average Bonchev–Trinajstić information content (AvgIpc) is 2.90. The predicted octanol–water partition coefficient (Wildman–Crippen LogP) is 2.06. The van der Waals surface area contributed by atoms with Gasteiger partial charge in [0, 0.05) is 11.7 Å². The molecule has 1 aliphatic heterocycles. The van der Waals surface area contributed by atoms with Crippen LogP contribution in [0, 0.1) is 20.8 Å². The van der Waals surface area contributed by atoms with Crippen molar-refractivity contribution in [1.29, 1.82) is 0 Å². The van der Waals surface area contributed by atoms with Gasteiger partial charge in [-0.2, -0.15) is 0 Å². The van der Waals surface area contributed by atoms with E-state index in [1.165, 1.54) is 18.0 Å². The van der Waals surface area contributed by atoms with E-state index in [1.807, 2.05) is 20.8 Å². The van der Waals surface area contributed by atoms with E-state index in [4.69, 9.17) is 0 Å². The SMILES string of the molecule is Cc1cc(C)c(Nc2cnc(C(=O)NC3CCS(=O)(=O)C3)cn2)c(C)c1. The van der Waals surface area contributed by atoms with Crippen LogP contribution in [0.1, 0.15) is 33.6 Å². The molecular formula is C18H22N4O3S. The van der Waals surface area contributed by atoms with Gasteiger partial charge in [-0.25, -0.2) is 18.4 Å². The number of aryl methyl sites for hydroxylation is 3. The van der Waals surface area contributed by atoms with Crippen LogP contribution in [-0.4, -0.2) is 41.8 Å². The largest absolute Gasteiger partial charge is 0.347 e. The zero-order valence-corrected chi connectivity index (χ0v) is 15.9. The number of nitrogens with zero attached hydrogens (tertiary/aromatic N) is 2. The maximum Gasteiger partial charge on any atom is 0.271 e. The average molecular weight is 374 g/mol. The molecular weight excluding hydrogens is 352 g/mol. The number of carbonyl (C=O) groups is 1. The molecule has 1 fully saturated rings. The summed E-state index contributed by atoms with van der Waals surface area (Å²) in [5.74, 6) is 0.230. The van der Waals surface area contributed by atoms with Gasteiger partial charge in [-0.05, 0) is 38.3 Å². The Morgan fingerprint density at radius 2 is 1.81 bits per heavy atom. The smallest absolute Gasteiger partial charge is 0.271 e. The molecule has 2 aromatic rings. The van der Waals surface area contributed by atoms with Gasteiger partial charge < -0.3 is 10.6 Å². The Kier molecular flexibility index (Phi) is 4.95. The molecule has 138 valence electrons. The first-order chi connectivity index (χ1) is 12.2. The summed E-state index contributed by atoms with van der Waals surface area (Å²) in [5.41, 5.74) is 4.54. The van der Waals surface area contributed by atoms with Crippen molar-refractivity contribution >= 4 is 27.2 Å². The number of amides is 1. The van der Waals surface area contributed by atoms with Crippen LogP contribution in [0.4, 0.5) is 11.5 Å². The van der Waals surface area contributed by atoms with Gasteiger partial charge in [0.2, 0.25) is 0 Å². The second-order valence-corrected chi connectivity index (χ2v) is 8.99. The summed E-state index contributed by atoms with van der Waals surface area (Å²) in [4.78, 5) is 20.6. The molecule has 0 aliphatic carbocycles. The highest BCUT2D eigenvalue weighted by molar-refractivity contribution is 7.91. The number of anilines is 2. The molecule has 8 heteroatoms. The van der Waals surface area contributed by atoms with Crippen LogP contribution >= 0.6 is 0 Å². The van der Waals surface area contributed by atoms with Crippen molar-refractivity contribution in [1.82, 2.24) is 15.3 Å². The van der Waals surface area contributed by atoms with Crippen molar-refractivity contribution in [2.45, 2.75) is 33.2 Å². The van der Waals surface area contributed by atoms with Crippen molar-refractivity contribution in [3.05, 3.63) is 46.9 Å². The monoisotopic (exact) mass is 374 g/mol. The second kappa shape index (κ2) is 7.03. The van der Waals surface area contributed by atoms with E-state index in [2.05, 4.69) is 32.7 Å². The van der Waals surface area contributed by atoms with Crippen LogP contribution in [0.15, 0.2) is 24.5 Å². The van der Waals surface area contributed by atoms with Crippen molar-refractivity contribution in [2.24, 2.45) is 0 Å². The minimum atomic E-state index is -3.04. The van der Waals surface area contributed by atoms with E-state index in [0.29, 0.717) is 12.2 Å². The summed E-state index contributed by atoms with van der Waals surface area (Å²) >= 11 is 0. The number of hydrogen-bond acceptors (Lipinski definition) is 6. The first kappa shape index (κ1) is 18.3. The minimum Gasteiger partial charge on any atom is -0.347 e. The molecule has 1 unspecified atom stereocenters. The van der Waals surface area contributed by atoms with Crippen LogP contribution in [0.3, 0.4) is 0 Å². The van der Waals surface area contributed by atoms with Crippen molar-refractivity contribution in [3.63, 3.8) is 0 Å². The summed E-state index contributed by atoms with van der Waals surface area (Å²) in [7, 11) is -3.04. The number of aromatic nitrogens is 2. The lowest BCUT2D eigenvalue weighted by atomic mass is 10.1. The van der Waals surface area contributed by atoms with Crippen LogP contribution < -0.4 is 10.6 Å². The predicted molar refractivity (Wildman–Crippen MR) is 100 cm³/mol. The Balaban J connectivity index is 1.68. The summed E-state index contributed by atoms with van der Waals surface area (Å²) in [6.45, 7) is 6.09. The lowest BCUT2D eigenvalue weighted by Crippen LogP contribution is -2.36. The summed E-state index contributed by atoms with van der Waals surface area (Å²) in [6.07, 6.45) is 3.33. The molecule has 7 nitrogen and oxygen atoms in total. The molecule has 1 atom stereocenters. The molecule has 1 aromatic heterocycles. The molecule has 2 N–H and O–H groups in total. The third-order valence-electron chi connectivity index (χ3n) is 4.38. The standard InChI is InChI=1S/C18H22N4O3S/c1-11-6-12(2)17(13(3)7-11)22-16-9-19-15(8-20-16)18(23)21-14-4-5-26(24,25)10-14/h6-9,14H,4-5,10H2,1-3H3,(H,20,22)(H,21,23). The molecule has 26 heavy (non-hydrogen) atoms. The highest BCUT2D eigenvalue weighted by Crippen LogP contribution is 2.24. The van der Waals surface area contributed by atoms with Gasteiger partial charge in [0.25, 0.3) is 5.91 Å². The van der Waals surface area contributed by atoms with Gasteiger partial charge in [-0.1, -0.05) is 17.7 Å². The number of carbonyl (C=O) groups excluding carboxylic acids is 1. The van der Waals surface area contributed by atoms with Crippen molar-refractivity contribution in [3.8, 4) is 0 Å². The molecule has 3 rings (SSSR count). The van der Waals surface area contributed by atoms with Gasteiger partial charge in [0.15, 0.2) is 9.84 Å². The first-order valence-corrected chi connectivity index (χ1v) is 10.2. The van der Waals surface area contributed by atoms with Crippen molar-refractivity contribution in [2.75, 3.05) is 16.8 Å². The van der Waals surface area contributed by atoms with Gasteiger partial charge in [0.1, 0.15) is 11.5 Å². The molecule has 0 saturated carbocycles. The molecule has 0 radical (unpaired) electrons. The second-order valence-electron chi connectivity index (χ2n) is 6.76. The summed E-state index contributed by atoms with van der Waals surface area (Å²) in [6, 6.07) is 3.81. The van der Waals surface area contributed by atoms with E-state index < -0.39 is 15.7 Å². The van der Waals surface area contributed by atoms with E-state index in [-0.39, 0.29) is 23.2 Å². The number of nitrogens with one attached hydrogen (secondary N) is 2. The minimum absolute atomic E-state index is 0.0161. The molecule has 0 spiro atoms. The fourth-order valence-electron chi connectivity index (χ4n) is 3.18. The van der Waals surface area contributed by atoms with Crippen LogP contribution in [0.25, 0.3) is 0 Å². The Bertz CT molecular complexity index is 916. The number of benzene rings is 1. The number of rotatable bonds is 4. The van der Waals surface area contributed by atoms with Gasteiger partial charge >= 0.3 is 0 Å². The van der Waals surface area contributed by atoms with Gasteiger partial charge in [0.05, 0.1) is 23.9 Å². The van der Waals surface area contributed by atoms with Crippen LogP contribution in [0.2, 0.25) is 0 Å². The number of hydrogen-bond donors (Lipinski definition) is 2. The zero-order chi connectivity index (χ0) is 18.9.